The lowest BCUT2D eigenvalue weighted by atomic mass is 9.70. The maximum atomic E-state index is 2.45. The second-order valence-electron chi connectivity index (χ2n) is 10.6. The van der Waals surface area contributed by atoms with Gasteiger partial charge in [-0.25, -0.2) is 0 Å². The van der Waals surface area contributed by atoms with E-state index in [4.69, 9.17) is 0 Å². The van der Waals surface area contributed by atoms with E-state index in [2.05, 4.69) is 62.4 Å². The lowest BCUT2D eigenvalue weighted by molar-refractivity contribution is 0.397. The fourth-order valence-corrected chi connectivity index (χ4v) is 6.20. The Labute approximate surface area is 205 Å². The number of hydrogen-bond acceptors (Lipinski definition) is 0. The van der Waals surface area contributed by atoms with E-state index in [9.17, 15) is 0 Å². The van der Waals surface area contributed by atoms with Crippen LogP contribution in [0.3, 0.4) is 0 Å². The molecule has 3 rings (SSSR count). The van der Waals surface area contributed by atoms with Crippen molar-refractivity contribution in [1.29, 1.82) is 0 Å². The van der Waals surface area contributed by atoms with Gasteiger partial charge in [0, 0.05) is 5.41 Å². The number of fused-ring (bicyclic) bond motifs is 3. The first kappa shape index (κ1) is 26.1. The fourth-order valence-electron chi connectivity index (χ4n) is 6.20. The van der Waals surface area contributed by atoms with Crippen LogP contribution in [0.25, 0.3) is 11.1 Å². The van der Waals surface area contributed by atoms with Gasteiger partial charge in [0.25, 0.3) is 0 Å². The molecule has 0 heterocycles. The molecule has 2 aromatic rings. The number of hydrogen-bond donors (Lipinski definition) is 0. The highest BCUT2D eigenvalue weighted by atomic mass is 14.4. The molecule has 0 heteroatoms. The monoisotopic (exact) mass is 446 g/mol. The highest BCUT2D eigenvalue weighted by Crippen LogP contribution is 2.54. The smallest absolute Gasteiger partial charge is 0.0215 e. The molecule has 0 saturated heterocycles. The minimum atomic E-state index is 0.248. The topological polar surface area (TPSA) is 0 Å². The summed E-state index contributed by atoms with van der Waals surface area (Å²) in [5, 5.41) is 0. The Hall–Kier alpha value is -1.56. The van der Waals surface area contributed by atoms with Crippen LogP contribution >= 0.6 is 0 Å². The van der Waals surface area contributed by atoms with Crippen molar-refractivity contribution < 1.29 is 0 Å². The first-order valence-electron chi connectivity index (χ1n) is 14.5. The van der Waals surface area contributed by atoms with Crippen molar-refractivity contribution in [2.75, 3.05) is 0 Å². The first-order valence-corrected chi connectivity index (χ1v) is 14.5. The van der Waals surface area contributed by atoms with Crippen molar-refractivity contribution in [2.24, 2.45) is 0 Å². The fraction of sp³-hybridized carbons (Fsp3) is 0.636. The van der Waals surface area contributed by atoms with Gasteiger partial charge >= 0.3 is 0 Å². The van der Waals surface area contributed by atoms with Crippen LogP contribution in [-0.4, -0.2) is 0 Å². The highest BCUT2D eigenvalue weighted by molar-refractivity contribution is 5.80. The molecule has 0 bridgehead atoms. The van der Waals surface area contributed by atoms with Gasteiger partial charge < -0.3 is 0 Å². The van der Waals surface area contributed by atoms with E-state index >= 15 is 0 Å². The van der Waals surface area contributed by atoms with E-state index < -0.39 is 0 Å². The van der Waals surface area contributed by atoms with Crippen LogP contribution in [0, 0.1) is 0 Å². The van der Waals surface area contributed by atoms with E-state index in [-0.39, 0.29) is 5.41 Å². The van der Waals surface area contributed by atoms with Gasteiger partial charge in [-0.2, -0.15) is 0 Å². The second-order valence-corrected chi connectivity index (χ2v) is 10.6. The summed E-state index contributed by atoms with van der Waals surface area (Å²) in [7, 11) is 0. The predicted molar refractivity (Wildman–Crippen MR) is 147 cm³/mol. The zero-order chi connectivity index (χ0) is 23.2. The molecule has 0 saturated carbocycles. The van der Waals surface area contributed by atoms with Gasteiger partial charge in [0.1, 0.15) is 0 Å². The Kier molecular flexibility index (Phi) is 11.6. The summed E-state index contributed by atoms with van der Waals surface area (Å²) in [6, 6.07) is 18.7. The zero-order valence-electron chi connectivity index (χ0n) is 21.8. The maximum Gasteiger partial charge on any atom is 0.0215 e. The third kappa shape index (κ3) is 7.21. The molecule has 33 heavy (non-hydrogen) atoms. The summed E-state index contributed by atoms with van der Waals surface area (Å²) >= 11 is 0. The Morgan fingerprint density at radius 1 is 0.424 bits per heavy atom. The van der Waals surface area contributed by atoms with Gasteiger partial charge in [0.15, 0.2) is 0 Å². The molecular weight excluding hydrogens is 396 g/mol. The molecule has 1 aliphatic rings. The van der Waals surface area contributed by atoms with Crippen molar-refractivity contribution in [3.8, 4) is 11.1 Å². The van der Waals surface area contributed by atoms with Gasteiger partial charge in [0.05, 0.1) is 0 Å². The van der Waals surface area contributed by atoms with Gasteiger partial charge in [-0.15, -0.1) is 0 Å². The molecule has 0 aliphatic heterocycles. The summed E-state index contributed by atoms with van der Waals surface area (Å²) in [5.74, 6) is 0. The van der Waals surface area contributed by atoms with E-state index in [0.29, 0.717) is 0 Å². The Balaban J connectivity index is 1.61. The van der Waals surface area contributed by atoms with Gasteiger partial charge in [-0.3, -0.25) is 0 Å². The molecule has 0 N–H and O–H groups in total. The second kappa shape index (κ2) is 14.6. The predicted octanol–water partition coefficient (Wildman–Crippen LogP) is 11.0. The molecule has 0 nitrogen and oxygen atoms in total. The van der Waals surface area contributed by atoms with Crippen molar-refractivity contribution in [3.63, 3.8) is 0 Å². The van der Waals surface area contributed by atoms with Crippen molar-refractivity contribution in [1.82, 2.24) is 0 Å². The summed E-state index contributed by atoms with van der Waals surface area (Å²) < 4.78 is 0. The number of rotatable bonds is 18. The Morgan fingerprint density at radius 2 is 0.758 bits per heavy atom. The van der Waals surface area contributed by atoms with Crippen LogP contribution in [0.5, 0.6) is 0 Å². The molecule has 0 radical (unpaired) electrons. The molecule has 182 valence electrons. The molecule has 0 atom stereocenters. The minimum absolute atomic E-state index is 0.248. The van der Waals surface area contributed by atoms with Crippen LogP contribution < -0.4 is 0 Å². The largest absolute Gasteiger partial charge is 0.0654 e. The summed E-state index contributed by atoms with van der Waals surface area (Å²) in [6.07, 6.45) is 25.1. The molecule has 1 aliphatic carbocycles. The summed E-state index contributed by atoms with van der Waals surface area (Å²) in [6.45, 7) is 4.62. The highest BCUT2D eigenvalue weighted by Gasteiger charge is 2.41. The van der Waals surface area contributed by atoms with Crippen molar-refractivity contribution in [2.45, 2.75) is 135 Å². The molecule has 0 unspecified atom stereocenters. The van der Waals surface area contributed by atoms with E-state index in [0.717, 1.165) is 0 Å². The van der Waals surface area contributed by atoms with Crippen molar-refractivity contribution >= 4 is 0 Å². The van der Waals surface area contributed by atoms with Crippen LogP contribution in [0.4, 0.5) is 0 Å². The van der Waals surface area contributed by atoms with Gasteiger partial charge in [-0.1, -0.05) is 165 Å². The molecular formula is C33H50. The van der Waals surface area contributed by atoms with Crippen LogP contribution in [0.2, 0.25) is 0 Å². The van der Waals surface area contributed by atoms with E-state index in [1.165, 1.54) is 127 Å². The standard InChI is InChI=1S/C33H50/c1-3-5-7-9-11-13-15-21-27-33(28-22-16-14-12-10-8-6-4-2)31-25-19-17-23-29(31)30-24-18-20-26-32(30)33/h17-20,23-26H,3-16,21-22,27-28H2,1-2H3. The minimum Gasteiger partial charge on any atom is -0.0654 e. The summed E-state index contributed by atoms with van der Waals surface area (Å²) in [5.41, 5.74) is 6.51. The molecule has 0 amide bonds. The normalized spacial score (nSPS) is 13.8. The molecule has 0 spiro atoms. The lowest BCUT2D eigenvalue weighted by Crippen LogP contribution is -2.25. The molecule has 2 aromatic carbocycles. The average Bonchev–Trinajstić information content (AvgIpc) is 3.13. The zero-order valence-corrected chi connectivity index (χ0v) is 21.8. The molecule has 0 aromatic heterocycles. The average molecular weight is 447 g/mol. The Bertz CT molecular complexity index is 719. The van der Waals surface area contributed by atoms with E-state index in [1.807, 2.05) is 0 Å². The van der Waals surface area contributed by atoms with Gasteiger partial charge in [0.2, 0.25) is 0 Å². The Morgan fingerprint density at radius 3 is 1.15 bits per heavy atom. The number of benzene rings is 2. The SMILES string of the molecule is CCCCCCCCCCC1(CCCCCCCCCC)c2ccccc2-c2ccccc21. The third-order valence-corrected chi connectivity index (χ3v) is 8.09. The molecule has 0 fully saturated rings. The number of unbranched alkanes of at least 4 members (excludes halogenated alkanes) is 14. The van der Waals surface area contributed by atoms with Gasteiger partial charge in [-0.05, 0) is 35.1 Å². The quantitative estimate of drug-likeness (QED) is 0.200. The maximum absolute atomic E-state index is 2.45. The van der Waals surface area contributed by atoms with Crippen molar-refractivity contribution in [3.05, 3.63) is 59.7 Å². The van der Waals surface area contributed by atoms with Crippen LogP contribution in [0.1, 0.15) is 141 Å². The summed E-state index contributed by atoms with van der Waals surface area (Å²) in [4.78, 5) is 0. The van der Waals surface area contributed by atoms with Crippen LogP contribution in [-0.2, 0) is 5.41 Å². The lowest BCUT2D eigenvalue weighted by Gasteiger charge is -2.33. The third-order valence-electron chi connectivity index (χ3n) is 8.09. The van der Waals surface area contributed by atoms with E-state index in [1.54, 1.807) is 11.1 Å². The first-order chi connectivity index (χ1) is 16.3. The van der Waals surface area contributed by atoms with Crippen LogP contribution in [0.15, 0.2) is 48.5 Å².